The third-order valence-electron chi connectivity index (χ3n) is 5.51. The van der Waals surface area contributed by atoms with Crippen LogP contribution in [-0.2, 0) is 22.5 Å². The summed E-state index contributed by atoms with van der Waals surface area (Å²) in [6, 6.07) is 18.6. The minimum atomic E-state index is -0.0576. The smallest absolute Gasteiger partial charge is 0.249 e. The van der Waals surface area contributed by atoms with Gasteiger partial charge in [0.25, 0.3) is 0 Å². The van der Waals surface area contributed by atoms with Crippen molar-refractivity contribution < 1.29 is 14.3 Å². The molecule has 1 aliphatic rings. The van der Waals surface area contributed by atoms with Gasteiger partial charge < -0.3 is 19.7 Å². The van der Waals surface area contributed by atoms with E-state index in [1.807, 2.05) is 24.0 Å². The van der Waals surface area contributed by atoms with E-state index >= 15 is 0 Å². The highest BCUT2D eigenvalue weighted by Gasteiger charge is 2.32. The van der Waals surface area contributed by atoms with Crippen LogP contribution in [0.25, 0.3) is 0 Å². The summed E-state index contributed by atoms with van der Waals surface area (Å²) in [5, 5.41) is 5.59. The molecule has 0 unspecified atom stereocenters. The fraction of sp³-hybridized carbons (Fsp3) is 0.320. The predicted molar refractivity (Wildman–Crippen MR) is 125 cm³/mol. The molecule has 5 nitrogen and oxygen atoms in total. The van der Waals surface area contributed by atoms with Crippen LogP contribution in [0.5, 0.6) is 5.75 Å². The van der Waals surface area contributed by atoms with Crippen LogP contribution >= 0.6 is 11.3 Å². The Kier molecular flexibility index (Phi) is 6.89. The summed E-state index contributed by atoms with van der Waals surface area (Å²) in [5.74, 6) is 0.922. The maximum Gasteiger partial charge on any atom is 0.249 e. The van der Waals surface area contributed by atoms with Crippen molar-refractivity contribution in [3.8, 4) is 5.75 Å². The van der Waals surface area contributed by atoms with Crippen molar-refractivity contribution in [3.63, 3.8) is 0 Å². The van der Waals surface area contributed by atoms with Gasteiger partial charge in [-0.1, -0.05) is 24.3 Å². The van der Waals surface area contributed by atoms with Crippen LogP contribution in [0.1, 0.15) is 34.5 Å². The van der Waals surface area contributed by atoms with E-state index in [1.165, 1.54) is 16.0 Å². The van der Waals surface area contributed by atoms with Gasteiger partial charge in [0.1, 0.15) is 12.4 Å². The number of methoxy groups -OCH3 is 1. The first-order valence-corrected chi connectivity index (χ1v) is 11.5. The maximum atomic E-state index is 12.7. The van der Waals surface area contributed by atoms with Crippen molar-refractivity contribution in [1.82, 2.24) is 4.90 Å². The van der Waals surface area contributed by atoms with E-state index in [-0.39, 0.29) is 18.6 Å². The quantitative estimate of drug-likeness (QED) is 0.547. The molecule has 0 aliphatic carbocycles. The van der Waals surface area contributed by atoms with Gasteiger partial charge in [0.15, 0.2) is 0 Å². The zero-order chi connectivity index (χ0) is 21.6. The molecular weight excluding hydrogens is 408 g/mol. The number of carbonyl (C=O) groups is 1. The number of carbonyl (C=O) groups excluding carboxylic acids is 1. The molecule has 6 heteroatoms. The van der Waals surface area contributed by atoms with Gasteiger partial charge in [0.05, 0.1) is 12.6 Å². The number of hydrogen-bond donors (Lipinski definition) is 1. The average molecular weight is 437 g/mol. The molecule has 0 saturated heterocycles. The largest absolute Gasteiger partial charge is 0.494 e. The van der Waals surface area contributed by atoms with Gasteiger partial charge in [0.2, 0.25) is 5.91 Å². The molecule has 0 saturated carbocycles. The highest BCUT2D eigenvalue weighted by Crippen LogP contribution is 2.38. The Morgan fingerprint density at radius 3 is 2.61 bits per heavy atom. The van der Waals surface area contributed by atoms with E-state index in [0.717, 1.165) is 36.5 Å². The topological polar surface area (TPSA) is 50.8 Å². The molecular formula is C25H28N2O3S. The van der Waals surface area contributed by atoms with Gasteiger partial charge in [-0.15, -0.1) is 11.3 Å². The first kappa shape index (κ1) is 21.4. The van der Waals surface area contributed by atoms with Crippen molar-refractivity contribution >= 4 is 22.9 Å². The van der Waals surface area contributed by atoms with Crippen molar-refractivity contribution in [2.24, 2.45) is 0 Å². The fourth-order valence-corrected chi connectivity index (χ4v) is 4.91. The van der Waals surface area contributed by atoms with Gasteiger partial charge >= 0.3 is 0 Å². The summed E-state index contributed by atoms with van der Waals surface area (Å²) in [5.41, 5.74) is 4.60. The predicted octanol–water partition coefficient (Wildman–Crippen LogP) is 4.88. The number of anilines is 1. The summed E-state index contributed by atoms with van der Waals surface area (Å²) in [6.07, 6.45) is 0.903. The minimum absolute atomic E-state index is 0.0297. The lowest BCUT2D eigenvalue weighted by Crippen LogP contribution is -2.41. The van der Waals surface area contributed by atoms with E-state index in [2.05, 4.69) is 53.2 Å². The fourth-order valence-electron chi connectivity index (χ4n) is 4.01. The molecule has 2 heterocycles. The van der Waals surface area contributed by atoms with Crippen LogP contribution < -0.4 is 10.1 Å². The van der Waals surface area contributed by atoms with Gasteiger partial charge in [-0.2, -0.15) is 0 Å². The van der Waals surface area contributed by atoms with Crippen LogP contribution in [0.2, 0.25) is 0 Å². The van der Waals surface area contributed by atoms with Gasteiger partial charge in [-0.25, -0.2) is 0 Å². The molecule has 4 rings (SSSR count). The van der Waals surface area contributed by atoms with E-state index in [1.54, 1.807) is 18.4 Å². The Hall–Kier alpha value is -2.83. The number of rotatable bonds is 8. The van der Waals surface area contributed by atoms with Crippen LogP contribution in [-0.4, -0.2) is 37.7 Å². The van der Waals surface area contributed by atoms with E-state index in [0.29, 0.717) is 6.61 Å². The first-order chi connectivity index (χ1) is 15.2. The zero-order valence-electron chi connectivity index (χ0n) is 18.0. The van der Waals surface area contributed by atoms with E-state index in [4.69, 9.17) is 9.47 Å². The number of nitrogens with zero attached hydrogens (tertiary/aromatic N) is 1. The second-order valence-electron chi connectivity index (χ2n) is 7.52. The number of thiophene rings is 1. The Labute approximate surface area is 187 Å². The van der Waals surface area contributed by atoms with Crippen molar-refractivity contribution in [3.05, 3.63) is 81.5 Å². The van der Waals surface area contributed by atoms with E-state index in [9.17, 15) is 4.79 Å². The van der Waals surface area contributed by atoms with Gasteiger partial charge in [0, 0.05) is 30.8 Å². The Morgan fingerprint density at radius 1 is 1.13 bits per heavy atom. The lowest BCUT2D eigenvalue weighted by Gasteiger charge is -2.36. The second kappa shape index (κ2) is 9.98. The number of fused-ring (bicyclic) bond motifs is 1. The molecule has 3 aromatic rings. The maximum absolute atomic E-state index is 12.7. The summed E-state index contributed by atoms with van der Waals surface area (Å²) >= 11 is 1.77. The Balaban J connectivity index is 1.47. The summed E-state index contributed by atoms with van der Waals surface area (Å²) in [4.78, 5) is 16.0. The standard InChI is InChI=1S/C25H28N2O3S/c1-3-30-21-10-4-18(5-11-21)16-26-20-8-6-19(7-9-20)25-22-13-15-31-23(22)12-14-27(25)24(28)17-29-2/h4-11,13,15,25-26H,3,12,14,16-17H2,1-2H3/t25-/m0/s1. The molecule has 0 bridgehead atoms. The number of hydrogen-bond acceptors (Lipinski definition) is 5. The van der Waals surface area contributed by atoms with Gasteiger partial charge in [-0.05, 0) is 65.7 Å². The highest BCUT2D eigenvalue weighted by atomic mass is 32.1. The SMILES string of the molecule is CCOc1ccc(CNc2ccc([C@H]3c4ccsc4CCN3C(=O)COC)cc2)cc1. The van der Waals surface area contributed by atoms with Crippen LogP contribution in [0.15, 0.2) is 60.0 Å². The average Bonchev–Trinajstić information content (AvgIpc) is 3.28. The zero-order valence-corrected chi connectivity index (χ0v) is 18.8. The second-order valence-corrected chi connectivity index (χ2v) is 8.52. The first-order valence-electron chi connectivity index (χ1n) is 10.6. The van der Waals surface area contributed by atoms with Gasteiger partial charge in [-0.3, -0.25) is 4.79 Å². The third-order valence-corrected chi connectivity index (χ3v) is 6.51. The molecule has 1 aliphatic heterocycles. The number of nitrogens with one attached hydrogen (secondary N) is 1. The molecule has 31 heavy (non-hydrogen) atoms. The highest BCUT2D eigenvalue weighted by molar-refractivity contribution is 7.10. The van der Waals surface area contributed by atoms with Crippen LogP contribution in [0.3, 0.4) is 0 Å². The Morgan fingerprint density at radius 2 is 1.90 bits per heavy atom. The monoisotopic (exact) mass is 436 g/mol. The van der Waals surface area contributed by atoms with E-state index < -0.39 is 0 Å². The van der Waals surface area contributed by atoms with Crippen molar-refractivity contribution in [2.75, 3.05) is 32.2 Å². The molecule has 0 fully saturated rings. The van der Waals surface area contributed by atoms with Crippen LogP contribution in [0, 0.1) is 0 Å². The van der Waals surface area contributed by atoms with Crippen molar-refractivity contribution in [2.45, 2.75) is 25.9 Å². The lowest BCUT2D eigenvalue weighted by molar-refractivity contribution is -0.137. The summed E-state index contributed by atoms with van der Waals surface area (Å²) in [6.45, 7) is 4.22. The normalized spacial score (nSPS) is 15.4. The molecule has 2 aromatic carbocycles. The summed E-state index contributed by atoms with van der Waals surface area (Å²) < 4.78 is 10.6. The Bertz CT molecular complexity index is 998. The molecule has 1 atom stereocenters. The summed E-state index contributed by atoms with van der Waals surface area (Å²) in [7, 11) is 1.57. The molecule has 0 spiro atoms. The number of ether oxygens (including phenoxy) is 2. The van der Waals surface area contributed by atoms with Crippen LogP contribution in [0.4, 0.5) is 5.69 Å². The molecule has 1 amide bonds. The molecule has 0 radical (unpaired) electrons. The number of benzene rings is 2. The lowest BCUT2D eigenvalue weighted by atomic mass is 9.93. The third kappa shape index (κ3) is 4.92. The molecule has 1 N–H and O–H groups in total. The minimum Gasteiger partial charge on any atom is -0.494 e. The van der Waals surface area contributed by atoms with Crippen molar-refractivity contribution in [1.29, 1.82) is 0 Å². The number of amides is 1. The molecule has 162 valence electrons. The molecule has 1 aromatic heterocycles.